The summed E-state index contributed by atoms with van der Waals surface area (Å²) in [4.78, 5) is 8.56. The molecule has 6 nitrogen and oxygen atoms in total. The summed E-state index contributed by atoms with van der Waals surface area (Å²) < 4.78 is 11.2. The summed E-state index contributed by atoms with van der Waals surface area (Å²) >= 11 is 0. The van der Waals surface area contributed by atoms with Gasteiger partial charge in [-0.3, -0.25) is 4.99 Å². The van der Waals surface area contributed by atoms with Crippen LogP contribution in [-0.2, 0) is 6.54 Å². The molecule has 0 radical (unpaired) electrons. The summed E-state index contributed by atoms with van der Waals surface area (Å²) in [6.07, 6.45) is 4.46. The molecule has 1 aromatic carbocycles. The molecule has 6 heteroatoms. The minimum absolute atomic E-state index is 0.456. The fourth-order valence-electron chi connectivity index (χ4n) is 2.39. The normalized spacial score (nSPS) is 14.0. The van der Waals surface area contributed by atoms with Crippen LogP contribution in [0.5, 0.6) is 11.6 Å². The summed E-state index contributed by atoms with van der Waals surface area (Å²) in [5.41, 5.74) is 1.08. The fraction of sp³-hybridized carbons (Fsp3) is 0.400. The number of hydrogen-bond acceptors (Lipinski definition) is 4. The Morgan fingerprint density at radius 1 is 1.08 bits per heavy atom. The Hall–Kier alpha value is -2.76. The minimum atomic E-state index is 0.456. The first-order chi connectivity index (χ1) is 12.8. The van der Waals surface area contributed by atoms with Crippen molar-refractivity contribution < 1.29 is 9.47 Å². The lowest BCUT2D eigenvalue weighted by atomic mass is 10.3. The summed E-state index contributed by atoms with van der Waals surface area (Å²) in [7, 11) is 1.79. The van der Waals surface area contributed by atoms with Crippen molar-refractivity contribution in [2.75, 3.05) is 26.8 Å². The lowest BCUT2D eigenvalue weighted by Crippen LogP contribution is -2.37. The van der Waals surface area contributed by atoms with Crippen molar-refractivity contribution in [1.29, 1.82) is 0 Å². The van der Waals surface area contributed by atoms with Gasteiger partial charge in [-0.1, -0.05) is 24.3 Å². The Morgan fingerprint density at radius 3 is 2.58 bits per heavy atom. The highest BCUT2D eigenvalue weighted by Crippen LogP contribution is 2.27. The van der Waals surface area contributed by atoms with Crippen LogP contribution in [0.15, 0.2) is 53.7 Å². The van der Waals surface area contributed by atoms with E-state index in [1.54, 1.807) is 7.05 Å². The smallest absolute Gasteiger partial charge is 0.213 e. The average Bonchev–Trinajstić information content (AvgIpc) is 3.52. The molecule has 0 atom stereocenters. The van der Waals surface area contributed by atoms with E-state index >= 15 is 0 Å². The maximum atomic E-state index is 5.61. The number of guanidine groups is 1. The Bertz CT molecular complexity index is 685. The third kappa shape index (κ3) is 6.27. The van der Waals surface area contributed by atoms with Gasteiger partial charge in [-0.05, 0) is 36.5 Å². The second-order valence-electron chi connectivity index (χ2n) is 6.26. The Kier molecular flexibility index (Phi) is 6.70. The van der Waals surface area contributed by atoms with Crippen LogP contribution in [0.4, 0.5) is 0 Å². The molecule has 1 aromatic heterocycles. The number of aliphatic imine (C=N–C) groups is 1. The van der Waals surface area contributed by atoms with Crippen LogP contribution in [0.3, 0.4) is 0 Å². The fourth-order valence-corrected chi connectivity index (χ4v) is 2.39. The molecule has 1 heterocycles. The maximum absolute atomic E-state index is 5.61. The van der Waals surface area contributed by atoms with Crippen LogP contribution in [-0.4, -0.2) is 37.7 Å². The second-order valence-corrected chi connectivity index (χ2v) is 6.26. The van der Waals surface area contributed by atoms with Crippen molar-refractivity contribution in [2.24, 2.45) is 10.9 Å². The van der Waals surface area contributed by atoms with E-state index in [-0.39, 0.29) is 0 Å². The third-order valence-corrected chi connectivity index (χ3v) is 4.08. The second kappa shape index (κ2) is 9.65. The number of hydrogen-bond donors (Lipinski definition) is 2. The van der Waals surface area contributed by atoms with Gasteiger partial charge in [0.2, 0.25) is 5.88 Å². The van der Waals surface area contributed by atoms with Crippen molar-refractivity contribution in [1.82, 2.24) is 15.6 Å². The molecule has 2 aromatic rings. The molecule has 1 aliphatic rings. The van der Waals surface area contributed by atoms with Crippen LogP contribution in [0, 0.1) is 5.92 Å². The molecular weight excluding hydrogens is 328 g/mol. The number of pyridine rings is 1. The molecule has 138 valence electrons. The highest BCUT2D eigenvalue weighted by atomic mass is 16.5. The molecule has 0 amide bonds. The molecular formula is C20H26N4O2. The van der Waals surface area contributed by atoms with Gasteiger partial charge in [0, 0.05) is 32.4 Å². The van der Waals surface area contributed by atoms with Crippen LogP contribution in [0.2, 0.25) is 0 Å². The van der Waals surface area contributed by atoms with Crippen molar-refractivity contribution in [3.63, 3.8) is 0 Å². The highest BCUT2D eigenvalue weighted by molar-refractivity contribution is 5.79. The predicted molar refractivity (Wildman–Crippen MR) is 103 cm³/mol. The topological polar surface area (TPSA) is 67.8 Å². The van der Waals surface area contributed by atoms with E-state index in [4.69, 9.17) is 9.47 Å². The van der Waals surface area contributed by atoms with E-state index in [1.165, 1.54) is 12.8 Å². The number of rotatable bonds is 9. The average molecular weight is 354 g/mol. The van der Waals surface area contributed by atoms with Gasteiger partial charge in [0.15, 0.2) is 5.96 Å². The zero-order valence-corrected chi connectivity index (χ0v) is 15.1. The predicted octanol–water partition coefficient (Wildman–Crippen LogP) is 2.61. The van der Waals surface area contributed by atoms with Gasteiger partial charge in [-0.15, -0.1) is 0 Å². The molecule has 1 fully saturated rings. The number of nitrogens with zero attached hydrogens (tertiary/aromatic N) is 2. The first-order valence-electron chi connectivity index (χ1n) is 9.03. The first kappa shape index (κ1) is 18.0. The van der Waals surface area contributed by atoms with Crippen LogP contribution >= 0.6 is 0 Å². The molecule has 1 saturated carbocycles. The van der Waals surface area contributed by atoms with Gasteiger partial charge in [-0.2, -0.15) is 0 Å². The SMILES string of the molecule is CN=C(NCc1ccc(OCCOc2ccccc2)nc1)NCC1CC1. The van der Waals surface area contributed by atoms with Crippen molar-refractivity contribution >= 4 is 5.96 Å². The Labute approximate surface area is 154 Å². The van der Waals surface area contributed by atoms with E-state index in [2.05, 4.69) is 20.6 Å². The first-order valence-corrected chi connectivity index (χ1v) is 9.03. The van der Waals surface area contributed by atoms with Crippen molar-refractivity contribution in [3.05, 3.63) is 54.2 Å². The van der Waals surface area contributed by atoms with Crippen LogP contribution in [0.25, 0.3) is 0 Å². The van der Waals surface area contributed by atoms with E-state index < -0.39 is 0 Å². The molecule has 2 N–H and O–H groups in total. The molecule has 0 spiro atoms. The monoisotopic (exact) mass is 354 g/mol. The minimum Gasteiger partial charge on any atom is -0.490 e. The molecule has 1 aliphatic carbocycles. The van der Waals surface area contributed by atoms with E-state index in [0.717, 1.165) is 29.7 Å². The molecule has 3 rings (SSSR count). The number of para-hydroxylation sites is 1. The largest absolute Gasteiger partial charge is 0.490 e. The summed E-state index contributed by atoms with van der Waals surface area (Å²) in [6.45, 7) is 2.61. The van der Waals surface area contributed by atoms with E-state index in [9.17, 15) is 0 Å². The summed E-state index contributed by atoms with van der Waals surface area (Å²) in [5.74, 6) is 3.09. The van der Waals surface area contributed by atoms with Crippen molar-refractivity contribution in [2.45, 2.75) is 19.4 Å². The molecule has 26 heavy (non-hydrogen) atoms. The van der Waals surface area contributed by atoms with Gasteiger partial charge in [0.1, 0.15) is 19.0 Å². The lowest BCUT2D eigenvalue weighted by Gasteiger charge is -2.12. The van der Waals surface area contributed by atoms with Crippen LogP contribution in [0.1, 0.15) is 18.4 Å². The number of ether oxygens (including phenoxy) is 2. The Morgan fingerprint density at radius 2 is 1.88 bits per heavy atom. The lowest BCUT2D eigenvalue weighted by molar-refractivity contribution is 0.212. The van der Waals surface area contributed by atoms with E-state index in [0.29, 0.717) is 25.6 Å². The molecule has 0 bridgehead atoms. The zero-order chi connectivity index (χ0) is 18.0. The van der Waals surface area contributed by atoms with Gasteiger partial charge in [0.05, 0.1) is 0 Å². The number of benzene rings is 1. The van der Waals surface area contributed by atoms with E-state index in [1.807, 2.05) is 48.7 Å². The molecule has 0 saturated heterocycles. The van der Waals surface area contributed by atoms with Crippen LogP contribution < -0.4 is 20.1 Å². The standard InChI is InChI=1S/C20H26N4O2/c1-21-20(23-13-16-7-8-16)24-15-17-9-10-19(22-14-17)26-12-11-25-18-5-3-2-4-6-18/h2-6,9-10,14,16H,7-8,11-13,15H2,1H3,(H2,21,23,24). The highest BCUT2D eigenvalue weighted by Gasteiger charge is 2.20. The molecule has 0 aliphatic heterocycles. The zero-order valence-electron chi connectivity index (χ0n) is 15.1. The van der Waals surface area contributed by atoms with Gasteiger partial charge in [0.25, 0.3) is 0 Å². The third-order valence-electron chi connectivity index (χ3n) is 4.08. The molecule has 0 unspecified atom stereocenters. The quantitative estimate of drug-likeness (QED) is 0.412. The van der Waals surface area contributed by atoms with Gasteiger partial charge >= 0.3 is 0 Å². The van der Waals surface area contributed by atoms with Gasteiger partial charge in [-0.25, -0.2) is 4.98 Å². The summed E-state index contributed by atoms with van der Waals surface area (Å²) in [6, 6.07) is 13.6. The number of aromatic nitrogens is 1. The van der Waals surface area contributed by atoms with Crippen molar-refractivity contribution in [3.8, 4) is 11.6 Å². The Balaban J connectivity index is 1.34. The number of nitrogens with one attached hydrogen (secondary N) is 2. The van der Waals surface area contributed by atoms with Gasteiger partial charge < -0.3 is 20.1 Å². The summed E-state index contributed by atoms with van der Waals surface area (Å²) in [5, 5.41) is 6.64. The maximum Gasteiger partial charge on any atom is 0.213 e.